The molecule has 0 saturated carbocycles. The van der Waals surface area contributed by atoms with E-state index in [2.05, 4.69) is 20.0 Å². The number of hydrogen-bond donors (Lipinski definition) is 0. The molecule has 4 rings (SSSR count). The van der Waals surface area contributed by atoms with Crippen molar-refractivity contribution >= 4 is 44.0 Å². The quantitative estimate of drug-likeness (QED) is 0.118. The van der Waals surface area contributed by atoms with Crippen LogP contribution in [0.3, 0.4) is 0 Å². The van der Waals surface area contributed by atoms with E-state index < -0.39 is 20.2 Å². The minimum atomic E-state index is -4.40. The number of aliphatic imine (C=N–C) groups is 2. The molecule has 0 aliphatic carbocycles. The molecular formula is C24H27CuN4O10S2+. The molecule has 41 heavy (non-hydrogen) atoms. The van der Waals surface area contributed by atoms with Crippen molar-refractivity contribution in [2.24, 2.45) is 9.98 Å². The first kappa shape index (κ1) is 41.7. The van der Waals surface area contributed by atoms with Crippen molar-refractivity contribution in [3.05, 3.63) is 109 Å². The molecule has 0 fully saturated rings. The fourth-order valence-corrected chi connectivity index (χ4v) is 3.52. The Morgan fingerprint density at radius 3 is 1.12 bits per heavy atom. The predicted molar refractivity (Wildman–Crippen MR) is 148 cm³/mol. The summed E-state index contributed by atoms with van der Waals surface area (Å²) in [5.74, 6) is 0. The summed E-state index contributed by atoms with van der Waals surface area (Å²) in [6.45, 7) is 0. The minimum Gasteiger partial charge on any atom is -0.744 e. The van der Waals surface area contributed by atoms with E-state index in [-0.39, 0.29) is 48.8 Å². The van der Waals surface area contributed by atoms with Crippen LogP contribution >= 0.6 is 0 Å². The van der Waals surface area contributed by atoms with Gasteiger partial charge in [0, 0.05) is 12.4 Å². The second-order valence-corrected chi connectivity index (χ2v) is 9.68. The zero-order valence-corrected chi connectivity index (χ0v) is 23.4. The van der Waals surface area contributed by atoms with Gasteiger partial charge in [-0.25, -0.2) is 16.8 Å². The third-order valence-corrected chi connectivity index (χ3v) is 6.02. The maximum absolute atomic E-state index is 10.7. The minimum absolute atomic E-state index is 0. The molecule has 0 atom stereocenters. The van der Waals surface area contributed by atoms with E-state index in [4.69, 9.17) is 0 Å². The second kappa shape index (κ2) is 19.4. The van der Waals surface area contributed by atoms with Gasteiger partial charge in [0.25, 0.3) is 0 Å². The number of aromatic nitrogens is 2. The van der Waals surface area contributed by atoms with Gasteiger partial charge in [0.1, 0.15) is 20.2 Å². The molecule has 2 aromatic carbocycles. The largest absolute Gasteiger partial charge is 2.00 e. The molecule has 17 heteroatoms. The van der Waals surface area contributed by atoms with Crippen molar-refractivity contribution in [3.63, 3.8) is 0 Å². The van der Waals surface area contributed by atoms with Crippen LogP contribution in [-0.4, -0.2) is 64.8 Å². The van der Waals surface area contributed by atoms with E-state index in [0.717, 1.165) is 0 Å². The molecule has 0 aliphatic rings. The summed E-state index contributed by atoms with van der Waals surface area (Å²) in [6.07, 6.45) is 6.41. The molecule has 0 bridgehead atoms. The number of hydrogen-bond acceptors (Lipinski definition) is 10. The molecule has 0 unspecified atom stereocenters. The maximum Gasteiger partial charge on any atom is 2.00 e. The monoisotopic (exact) mass is 658 g/mol. The molecule has 2 heterocycles. The first-order valence-electron chi connectivity index (χ1n) is 10.1. The fourth-order valence-electron chi connectivity index (χ4n) is 2.58. The number of rotatable bonds is 6. The Bertz CT molecular complexity index is 1440. The Labute approximate surface area is 246 Å². The van der Waals surface area contributed by atoms with Gasteiger partial charge in [-0.15, -0.1) is 0 Å². The Hall–Kier alpha value is -3.74. The molecule has 14 nitrogen and oxygen atoms in total. The Balaban J connectivity index is -0.000000628. The molecule has 1 radical (unpaired) electrons. The summed E-state index contributed by atoms with van der Waals surface area (Å²) in [6, 6.07) is 21.6. The molecule has 9 N–H and O–H groups in total. The van der Waals surface area contributed by atoms with Crippen LogP contribution in [0.15, 0.2) is 117 Å². The Morgan fingerprint density at radius 2 is 0.878 bits per heavy atom. The summed E-state index contributed by atoms with van der Waals surface area (Å²) < 4.78 is 64.3. The van der Waals surface area contributed by atoms with Crippen LogP contribution in [0.4, 0.5) is 11.4 Å². The van der Waals surface area contributed by atoms with E-state index in [1.54, 1.807) is 49.1 Å². The summed E-state index contributed by atoms with van der Waals surface area (Å²) in [4.78, 5) is 15.8. The number of benzene rings is 2. The van der Waals surface area contributed by atoms with Crippen LogP contribution in [0.5, 0.6) is 0 Å². The van der Waals surface area contributed by atoms with E-state index in [9.17, 15) is 25.9 Å². The van der Waals surface area contributed by atoms with Gasteiger partial charge in [0.2, 0.25) is 0 Å². The standard InChI is InChI=1S/2C12H10N2O3S.Cu.4H2O/c2*15-18(16,17)12-6-4-10(5-7-12)14-9-11-3-1-2-8-13-11;;;;;/h2*1-9H,(H,15,16,17);;4*1H2/q;;+2;;;;/p-1. The molecule has 0 saturated heterocycles. The van der Waals surface area contributed by atoms with Crippen LogP contribution in [-0.2, 0) is 42.8 Å². The van der Waals surface area contributed by atoms with Gasteiger partial charge < -0.3 is 31.0 Å². The predicted octanol–water partition coefficient (Wildman–Crippen LogP) is 0.0741. The van der Waals surface area contributed by atoms with Crippen LogP contribution in [0.2, 0.25) is 0 Å². The molecule has 0 spiro atoms. The zero-order valence-electron chi connectivity index (χ0n) is 20.8. The SMILES string of the molecule is O.O.O.O=S(=O)([O-])c1ccc(N=Cc2ccccn2)cc1.O=S(=O)([O-])c1ccc(N=Cc2ccccn2)cc1.[Cu+2].[OH3+]. The summed E-state index contributed by atoms with van der Waals surface area (Å²) in [5, 5.41) is 0. The molecule has 2 aromatic heterocycles. The van der Waals surface area contributed by atoms with Gasteiger partial charge in [-0.2, -0.15) is 0 Å². The van der Waals surface area contributed by atoms with Crippen LogP contribution in [0, 0.1) is 0 Å². The van der Waals surface area contributed by atoms with E-state index in [0.29, 0.717) is 22.8 Å². The van der Waals surface area contributed by atoms with Gasteiger partial charge in [0.05, 0.1) is 45.0 Å². The molecule has 225 valence electrons. The second-order valence-electron chi connectivity index (χ2n) is 6.92. The van der Waals surface area contributed by atoms with Crippen molar-refractivity contribution in [3.8, 4) is 0 Å². The van der Waals surface area contributed by atoms with Crippen molar-refractivity contribution in [1.29, 1.82) is 0 Å². The Morgan fingerprint density at radius 1 is 0.561 bits per heavy atom. The van der Waals surface area contributed by atoms with Crippen LogP contribution in [0.25, 0.3) is 0 Å². The third-order valence-electron chi connectivity index (χ3n) is 4.32. The van der Waals surface area contributed by atoms with E-state index in [1.807, 2.05) is 12.1 Å². The molecule has 0 amide bonds. The fraction of sp³-hybridized carbons (Fsp3) is 0. The number of pyridine rings is 2. The molecule has 0 aliphatic heterocycles. The van der Waals surface area contributed by atoms with Crippen LogP contribution < -0.4 is 0 Å². The topological polar surface area (TPSA) is 292 Å². The smallest absolute Gasteiger partial charge is 0.744 e. The van der Waals surface area contributed by atoms with Crippen LogP contribution in [0.1, 0.15) is 11.4 Å². The van der Waals surface area contributed by atoms with E-state index >= 15 is 0 Å². The Kier molecular flexibility index (Phi) is 19.7. The van der Waals surface area contributed by atoms with Crippen molar-refractivity contribution < 1.29 is 64.9 Å². The van der Waals surface area contributed by atoms with Gasteiger partial charge in [0.15, 0.2) is 0 Å². The van der Waals surface area contributed by atoms with Gasteiger partial charge in [-0.05, 0) is 72.8 Å². The number of nitrogens with zero attached hydrogens (tertiary/aromatic N) is 4. The van der Waals surface area contributed by atoms with E-state index in [1.165, 1.54) is 48.5 Å². The first-order valence-corrected chi connectivity index (χ1v) is 12.9. The third kappa shape index (κ3) is 14.5. The van der Waals surface area contributed by atoms with Gasteiger partial charge in [-0.3, -0.25) is 20.0 Å². The first-order chi connectivity index (χ1) is 17.1. The van der Waals surface area contributed by atoms with Gasteiger partial charge >= 0.3 is 17.1 Å². The van der Waals surface area contributed by atoms with Crippen molar-refractivity contribution in [1.82, 2.24) is 9.97 Å². The summed E-state index contributed by atoms with van der Waals surface area (Å²) in [7, 11) is -8.80. The average Bonchev–Trinajstić information content (AvgIpc) is 2.87. The maximum atomic E-state index is 10.7. The molecular weight excluding hydrogens is 632 g/mol. The zero-order chi connectivity index (χ0) is 26.0. The van der Waals surface area contributed by atoms with Gasteiger partial charge in [-0.1, -0.05) is 12.1 Å². The summed E-state index contributed by atoms with van der Waals surface area (Å²) in [5.41, 5.74) is 2.48. The molecule has 4 aromatic rings. The van der Waals surface area contributed by atoms with Crippen molar-refractivity contribution in [2.75, 3.05) is 0 Å². The summed E-state index contributed by atoms with van der Waals surface area (Å²) >= 11 is 0. The average molecular weight is 659 g/mol. The normalized spacial score (nSPS) is 10.4. The van der Waals surface area contributed by atoms with Crippen molar-refractivity contribution in [2.45, 2.75) is 9.79 Å².